The average Bonchev–Trinajstić information content (AvgIpc) is 2.18. The molecule has 1 rings (SSSR count). The van der Waals surface area contributed by atoms with Gasteiger partial charge in [0.15, 0.2) is 0 Å². The van der Waals surface area contributed by atoms with Crippen molar-refractivity contribution in [1.29, 1.82) is 0 Å². The number of rotatable bonds is 5. The van der Waals surface area contributed by atoms with Gasteiger partial charge in [0, 0.05) is 12.1 Å². The number of nitrogens with zero attached hydrogens (tertiary/aromatic N) is 1. The van der Waals surface area contributed by atoms with Gasteiger partial charge in [0.2, 0.25) is 0 Å². The molecule has 0 unspecified atom stereocenters. The largest absolute Gasteiger partial charge is 0.492 e. The highest BCUT2D eigenvalue weighted by atomic mass is 16.5. The van der Waals surface area contributed by atoms with Gasteiger partial charge in [-0.15, -0.1) is 0 Å². The molecule has 1 N–H and O–H groups in total. The van der Waals surface area contributed by atoms with Gasteiger partial charge in [0.1, 0.15) is 12.4 Å². The molecule has 1 aromatic rings. The van der Waals surface area contributed by atoms with E-state index in [4.69, 9.17) is 9.84 Å². The topological polar surface area (TPSA) is 32.7 Å². The number of aliphatic hydroxyl groups excluding tert-OH is 1. The van der Waals surface area contributed by atoms with Gasteiger partial charge in [-0.25, -0.2) is 0 Å². The lowest BCUT2D eigenvalue weighted by Crippen LogP contribution is -2.19. The molecule has 0 aliphatic heterocycles. The van der Waals surface area contributed by atoms with E-state index in [0.717, 1.165) is 17.9 Å². The summed E-state index contributed by atoms with van der Waals surface area (Å²) in [6, 6.07) is 7.54. The number of para-hydroxylation sites is 1. The maximum atomic E-state index is 9.04. The zero-order valence-corrected chi connectivity index (χ0v) is 8.73. The summed E-state index contributed by atoms with van der Waals surface area (Å²) in [6.07, 6.45) is 0. The fourth-order valence-electron chi connectivity index (χ4n) is 1.11. The van der Waals surface area contributed by atoms with E-state index in [1.807, 2.05) is 38.4 Å². The Morgan fingerprint density at radius 3 is 2.64 bits per heavy atom. The lowest BCUT2D eigenvalue weighted by atomic mass is 10.2. The van der Waals surface area contributed by atoms with Crippen molar-refractivity contribution in [2.75, 3.05) is 27.2 Å². The Kier molecular flexibility index (Phi) is 4.43. The summed E-state index contributed by atoms with van der Waals surface area (Å²) < 4.78 is 5.54. The Labute approximate surface area is 84.9 Å². The summed E-state index contributed by atoms with van der Waals surface area (Å²) in [5.74, 6) is 0.775. The highest BCUT2D eigenvalue weighted by Crippen LogP contribution is 2.17. The van der Waals surface area contributed by atoms with Gasteiger partial charge in [-0.1, -0.05) is 18.2 Å². The number of hydrogen-bond donors (Lipinski definition) is 1. The van der Waals surface area contributed by atoms with E-state index in [2.05, 4.69) is 4.90 Å². The number of hydrogen-bond acceptors (Lipinski definition) is 3. The van der Waals surface area contributed by atoms with E-state index in [9.17, 15) is 0 Å². The van der Waals surface area contributed by atoms with Crippen LogP contribution in [0.1, 0.15) is 5.56 Å². The van der Waals surface area contributed by atoms with E-state index in [1.54, 1.807) is 0 Å². The summed E-state index contributed by atoms with van der Waals surface area (Å²) in [5, 5.41) is 9.04. The monoisotopic (exact) mass is 195 g/mol. The normalized spacial score (nSPS) is 10.6. The summed E-state index contributed by atoms with van der Waals surface area (Å²) in [6.45, 7) is 1.54. The lowest BCUT2D eigenvalue weighted by Gasteiger charge is -2.12. The van der Waals surface area contributed by atoms with Gasteiger partial charge in [0.05, 0.1) is 6.61 Å². The van der Waals surface area contributed by atoms with Crippen molar-refractivity contribution >= 4 is 0 Å². The van der Waals surface area contributed by atoms with Gasteiger partial charge >= 0.3 is 0 Å². The molecular weight excluding hydrogens is 178 g/mol. The molecule has 0 bridgehead atoms. The van der Waals surface area contributed by atoms with Gasteiger partial charge in [-0.2, -0.15) is 0 Å². The molecule has 0 amide bonds. The first-order chi connectivity index (χ1) is 6.74. The van der Waals surface area contributed by atoms with Crippen LogP contribution in [0.2, 0.25) is 0 Å². The first-order valence-electron chi connectivity index (χ1n) is 4.70. The summed E-state index contributed by atoms with van der Waals surface area (Å²) in [4.78, 5) is 2.06. The third kappa shape index (κ3) is 3.36. The van der Waals surface area contributed by atoms with E-state index in [0.29, 0.717) is 6.61 Å². The van der Waals surface area contributed by atoms with Crippen molar-refractivity contribution in [3.05, 3.63) is 29.8 Å². The Morgan fingerprint density at radius 2 is 2.00 bits per heavy atom. The molecular formula is C11H17NO2. The standard InChI is InChI=1S/C11H17NO2/c1-12(2)7-8-14-11-6-4-3-5-10(11)9-13/h3-6,13H,7-9H2,1-2H3. The van der Waals surface area contributed by atoms with Crippen LogP contribution in [0.3, 0.4) is 0 Å². The number of aliphatic hydroxyl groups is 1. The number of benzene rings is 1. The second-order valence-electron chi connectivity index (χ2n) is 3.42. The van der Waals surface area contributed by atoms with E-state index < -0.39 is 0 Å². The van der Waals surface area contributed by atoms with Crippen molar-refractivity contribution in [2.24, 2.45) is 0 Å². The molecule has 0 aromatic heterocycles. The van der Waals surface area contributed by atoms with Gasteiger partial charge in [0.25, 0.3) is 0 Å². The van der Waals surface area contributed by atoms with Crippen molar-refractivity contribution < 1.29 is 9.84 Å². The molecule has 3 heteroatoms. The number of likely N-dealkylation sites (N-methyl/N-ethyl adjacent to an activating group) is 1. The van der Waals surface area contributed by atoms with Gasteiger partial charge in [-0.3, -0.25) is 0 Å². The van der Waals surface area contributed by atoms with Crippen molar-refractivity contribution in [1.82, 2.24) is 4.90 Å². The van der Waals surface area contributed by atoms with Crippen LogP contribution in [0.15, 0.2) is 24.3 Å². The van der Waals surface area contributed by atoms with Crippen LogP contribution in [-0.4, -0.2) is 37.3 Å². The third-order valence-electron chi connectivity index (χ3n) is 1.94. The van der Waals surface area contributed by atoms with Crippen LogP contribution in [-0.2, 0) is 6.61 Å². The molecule has 0 aliphatic carbocycles. The van der Waals surface area contributed by atoms with Crippen LogP contribution in [0.25, 0.3) is 0 Å². The summed E-state index contributed by atoms with van der Waals surface area (Å²) in [7, 11) is 4.00. The minimum absolute atomic E-state index is 0.0259. The molecule has 3 nitrogen and oxygen atoms in total. The number of ether oxygens (including phenoxy) is 1. The molecule has 0 radical (unpaired) electrons. The molecule has 0 heterocycles. The molecule has 0 atom stereocenters. The molecule has 14 heavy (non-hydrogen) atoms. The van der Waals surface area contributed by atoms with Crippen molar-refractivity contribution in [2.45, 2.75) is 6.61 Å². The van der Waals surface area contributed by atoms with E-state index in [1.165, 1.54) is 0 Å². The van der Waals surface area contributed by atoms with Crippen LogP contribution < -0.4 is 4.74 Å². The van der Waals surface area contributed by atoms with Crippen molar-refractivity contribution in [3.8, 4) is 5.75 Å². The van der Waals surface area contributed by atoms with E-state index >= 15 is 0 Å². The Bertz CT molecular complexity index is 274. The molecule has 0 aliphatic rings. The SMILES string of the molecule is CN(C)CCOc1ccccc1CO. The van der Waals surface area contributed by atoms with Gasteiger partial charge in [-0.05, 0) is 20.2 Å². The Morgan fingerprint density at radius 1 is 1.29 bits per heavy atom. The van der Waals surface area contributed by atoms with Crippen LogP contribution in [0.5, 0.6) is 5.75 Å². The fraction of sp³-hybridized carbons (Fsp3) is 0.455. The Hall–Kier alpha value is -1.06. The minimum atomic E-state index is 0.0259. The fourth-order valence-corrected chi connectivity index (χ4v) is 1.11. The molecule has 0 spiro atoms. The third-order valence-corrected chi connectivity index (χ3v) is 1.94. The van der Waals surface area contributed by atoms with Crippen LogP contribution >= 0.6 is 0 Å². The molecule has 0 fully saturated rings. The zero-order valence-electron chi connectivity index (χ0n) is 8.73. The molecule has 78 valence electrons. The smallest absolute Gasteiger partial charge is 0.124 e. The Balaban J connectivity index is 2.49. The second-order valence-corrected chi connectivity index (χ2v) is 3.42. The maximum Gasteiger partial charge on any atom is 0.124 e. The van der Waals surface area contributed by atoms with Gasteiger partial charge < -0.3 is 14.7 Å². The quantitative estimate of drug-likeness (QED) is 0.764. The lowest BCUT2D eigenvalue weighted by molar-refractivity contribution is 0.243. The predicted molar refractivity (Wildman–Crippen MR) is 56.4 cm³/mol. The summed E-state index contributed by atoms with van der Waals surface area (Å²) in [5.41, 5.74) is 0.839. The predicted octanol–water partition coefficient (Wildman–Crippen LogP) is 1.12. The molecule has 1 aromatic carbocycles. The second kappa shape index (κ2) is 5.62. The van der Waals surface area contributed by atoms with Crippen LogP contribution in [0.4, 0.5) is 0 Å². The van der Waals surface area contributed by atoms with Crippen LogP contribution in [0, 0.1) is 0 Å². The first kappa shape index (κ1) is 11.0. The van der Waals surface area contributed by atoms with E-state index in [-0.39, 0.29) is 6.61 Å². The zero-order chi connectivity index (χ0) is 10.4. The summed E-state index contributed by atoms with van der Waals surface area (Å²) >= 11 is 0. The highest BCUT2D eigenvalue weighted by Gasteiger charge is 2.00. The maximum absolute atomic E-state index is 9.04. The molecule has 0 saturated heterocycles. The molecule has 0 saturated carbocycles. The first-order valence-corrected chi connectivity index (χ1v) is 4.70. The average molecular weight is 195 g/mol. The highest BCUT2D eigenvalue weighted by molar-refractivity contribution is 5.32. The van der Waals surface area contributed by atoms with Crippen molar-refractivity contribution in [3.63, 3.8) is 0 Å². The minimum Gasteiger partial charge on any atom is -0.492 e.